The number of hydrogen-bond acceptors (Lipinski definition) is 4. The van der Waals surface area contributed by atoms with Crippen LogP contribution in [0.2, 0.25) is 10.0 Å². The van der Waals surface area contributed by atoms with Crippen molar-refractivity contribution < 1.29 is 4.79 Å². The Balaban J connectivity index is 1.65. The number of para-hydroxylation sites is 1. The van der Waals surface area contributed by atoms with Gasteiger partial charge in [0.1, 0.15) is 5.82 Å². The molecule has 1 amide bonds. The molecule has 2 aromatic heterocycles. The number of carbonyl (C=O) groups is 1. The molecule has 2 aromatic carbocycles. The van der Waals surface area contributed by atoms with Gasteiger partial charge in [-0.25, -0.2) is 9.97 Å². The Hall–Kier alpha value is -3.09. The monoisotopic (exact) mass is 425 g/mol. The fraction of sp³-hybridized carbons (Fsp3) is 0.0952. The molecule has 0 saturated heterocycles. The summed E-state index contributed by atoms with van der Waals surface area (Å²) in [6, 6.07) is 14.3. The standard InChI is InChI=1S/C21H17Cl2N5O/c1-12-5-4-10-24-19(12)27-20(29)13-8-9-17-16(11-13)25-21(28(17)2)26-18-14(22)6-3-7-15(18)23/h3-11H,1-2H3,(H,25,26)(H,24,27,29). The molecular formula is C21H17Cl2N5O. The molecule has 0 fully saturated rings. The van der Waals surface area contributed by atoms with Crippen molar-refractivity contribution in [3.63, 3.8) is 0 Å². The van der Waals surface area contributed by atoms with E-state index in [1.54, 1.807) is 36.5 Å². The lowest BCUT2D eigenvalue weighted by molar-refractivity contribution is 0.102. The normalized spacial score (nSPS) is 10.9. The second-order valence-corrected chi connectivity index (χ2v) is 7.36. The predicted molar refractivity (Wildman–Crippen MR) is 117 cm³/mol. The number of rotatable bonds is 4. The van der Waals surface area contributed by atoms with Crippen LogP contribution in [-0.4, -0.2) is 20.4 Å². The summed E-state index contributed by atoms with van der Waals surface area (Å²) in [5, 5.41) is 7.00. The van der Waals surface area contributed by atoms with Crippen molar-refractivity contribution in [3.05, 3.63) is 75.9 Å². The summed E-state index contributed by atoms with van der Waals surface area (Å²) in [6.07, 6.45) is 1.64. The maximum Gasteiger partial charge on any atom is 0.256 e. The third kappa shape index (κ3) is 3.77. The Kier molecular flexibility index (Phi) is 5.13. The largest absolute Gasteiger partial charge is 0.323 e. The van der Waals surface area contributed by atoms with Crippen LogP contribution in [-0.2, 0) is 7.05 Å². The Labute approximate surface area is 177 Å². The fourth-order valence-corrected chi connectivity index (χ4v) is 3.47. The molecule has 6 nitrogen and oxygen atoms in total. The molecule has 4 rings (SSSR count). The highest BCUT2D eigenvalue weighted by Gasteiger charge is 2.15. The van der Waals surface area contributed by atoms with Crippen LogP contribution in [0, 0.1) is 6.92 Å². The molecule has 0 spiro atoms. The van der Waals surface area contributed by atoms with Crippen LogP contribution in [0.4, 0.5) is 17.5 Å². The van der Waals surface area contributed by atoms with Gasteiger partial charge in [0.15, 0.2) is 0 Å². The SMILES string of the molecule is Cc1cccnc1NC(=O)c1ccc2c(c1)nc(Nc1c(Cl)cccc1Cl)n2C. The minimum Gasteiger partial charge on any atom is -0.323 e. The van der Waals surface area contributed by atoms with Crippen molar-refractivity contribution >= 4 is 57.6 Å². The highest BCUT2D eigenvalue weighted by Crippen LogP contribution is 2.33. The van der Waals surface area contributed by atoms with Crippen molar-refractivity contribution in [1.82, 2.24) is 14.5 Å². The lowest BCUT2D eigenvalue weighted by Crippen LogP contribution is -2.13. The minimum absolute atomic E-state index is 0.247. The molecule has 0 aliphatic heterocycles. The van der Waals surface area contributed by atoms with Gasteiger partial charge in [-0.2, -0.15) is 0 Å². The van der Waals surface area contributed by atoms with Crippen LogP contribution in [0.5, 0.6) is 0 Å². The third-order valence-corrected chi connectivity index (χ3v) is 5.21. The van der Waals surface area contributed by atoms with Crippen LogP contribution < -0.4 is 10.6 Å². The van der Waals surface area contributed by atoms with Gasteiger partial charge >= 0.3 is 0 Å². The van der Waals surface area contributed by atoms with E-state index < -0.39 is 0 Å². The zero-order valence-corrected chi connectivity index (χ0v) is 17.2. The smallest absolute Gasteiger partial charge is 0.256 e. The van der Waals surface area contributed by atoms with E-state index in [1.807, 2.05) is 36.7 Å². The first-order valence-corrected chi connectivity index (χ1v) is 9.60. The van der Waals surface area contributed by atoms with Crippen molar-refractivity contribution in [2.45, 2.75) is 6.92 Å². The van der Waals surface area contributed by atoms with Crippen molar-refractivity contribution in [2.75, 3.05) is 10.6 Å². The van der Waals surface area contributed by atoms with Crippen molar-refractivity contribution in [1.29, 1.82) is 0 Å². The molecule has 29 heavy (non-hydrogen) atoms. The zero-order valence-electron chi connectivity index (χ0n) is 15.7. The molecule has 2 heterocycles. The van der Waals surface area contributed by atoms with Gasteiger partial charge in [-0.3, -0.25) is 4.79 Å². The van der Waals surface area contributed by atoms with E-state index in [-0.39, 0.29) is 5.91 Å². The number of nitrogens with zero attached hydrogens (tertiary/aromatic N) is 3. The number of pyridine rings is 1. The van der Waals surface area contributed by atoms with Crippen LogP contribution in [0.15, 0.2) is 54.7 Å². The van der Waals surface area contributed by atoms with Gasteiger partial charge in [-0.1, -0.05) is 35.3 Å². The first-order chi connectivity index (χ1) is 13.9. The molecule has 0 atom stereocenters. The number of aryl methyl sites for hydroxylation is 2. The number of carbonyl (C=O) groups excluding carboxylic acids is 1. The van der Waals surface area contributed by atoms with Crippen LogP contribution in [0.25, 0.3) is 11.0 Å². The molecule has 0 saturated carbocycles. The molecule has 0 aliphatic carbocycles. The lowest BCUT2D eigenvalue weighted by Gasteiger charge is -2.09. The number of nitrogens with one attached hydrogen (secondary N) is 2. The van der Waals surface area contributed by atoms with Crippen LogP contribution >= 0.6 is 23.2 Å². The molecule has 146 valence electrons. The molecule has 8 heteroatoms. The molecule has 0 aliphatic rings. The predicted octanol–water partition coefficient (Wildman–Crippen LogP) is 5.58. The number of aromatic nitrogens is 3. The second-order valence-electron chi connectivity index (χ2n) is 6.54. The fourth-order valence-electron chi connectivity index (χ4n) is 2.98. The number of hydrogen-bond donors (Lipinski definition) is 2. The summed E-state index contributed by atoms with van der Waals surface area (Å²) in [5.41, 5.74) is 3.49. The summed E-state index contributed by atoms with van der Waals surface area (Å²) < 4.78 is 1.87. The van der Waals surface area contributed by atoms with Crippen molar-refractivity contribution in [3.8, 4) is 0 Å². The minimum atomic E-state index is -0.247. The molecule has 0 radical (unpaired) electrons. The summed E-state index contributed by atoms with van der Waals surface area (Å²) in [6.45, 7) is 1.89. The van der Waals surface area contributed by atoms with E-state index >= 15 is 0 Å². The maximum absolute atomic E-state index is 12.6. The molecule has 0 bridgehead atoms. The number of amides is 1. The van der Waals surface area contributed by atoms with Gasteiger partial charge in [0.2, 0.25) is 5.95 Å². The maximum atomic E-state index is 12.6. The van der Waals surface area contributed by atoms with Crippen LogP contribution in [0.3, 0.4) is 0 Å². The van der Waals surface area contributed by atoms with Gasteiger partial charge in [0.05, 0.1) is 26.8 Å². The summed E-state index contributed by atoms with van der Waals surface area (Å²) in [4.78, 5) is 21.4. The number of anilines is 3. The first kappa shape index (κ1) is 19.2. The van der Waals surface area contributed by atoms with Crippen LogP contribution in [0.1, 0.15) is 15.9 Å². The van der Waals surface area contributed by atoms with Gasteiger partial charge in [0.25, 0.3) is 5.91 Å². The molecular weight excluding hydrogens is 409 g/mol. The lowest BCUT2D eigenvalue weighted by atomic mass is 10.2. The number of imidazole rings is 1. The zero-order chi connectivity index (χ0) is 20.5. The average Bonchev–Trinajstić information content (AvgIpc) is 3.01. The summed E-state index contributed by atoms with van der Waals surface area (Å²) in [7, 11) is 1.87. The second kappa shape index (κ2) is 7.73. The highest BCUT2D eigenvalue weighted by molar-refractivity contribution is 6.39. The van der Waals surface area contributed by atoms with E-state index in [0.717, 1.165) is 11.1 Å². The van der Waals surface area contributed by atoms with E-state index in [9.17, 15) is 4.79 Å². The Morgan fingerprint density at radius 2 is 1.83 bits per heavy atom. The van der Waals surface area contributed by atoms with Gasteiger partial charge in [-0.05, 0) is 48.9 Å². The topological polar surface area (TPSA) is 71.8 Å². The number of fused-ring (bicyclic) bond motifs is 1. The van der Waals surface area contributed by atoms with E-state index in [1.165, 1.54) is 0 Å². The molecule has 0 unspecified atom stereocenters. The van der Waals surface area contributed by atoms with Crippen molar-refractivity contribution in [2.24, 2.45) is 7.05 Å². The molecule has 2 N–H and O–H groups in total. The number of benzene rings is 2. The Morgan fingerprint density at radius 1 is 1.07 bits per heavy atom. The number of halogens is 2. The first-order valence-electron chi connectivity index (χ1n) is 8.84. The summed E-state index contributed by atoms with van der Waals surface area (Å²) >= 11 is 12.5. The third-order valence-electron chi connectivity index (χ3n) is 4.58. The van der Waals surface area contributed by atoms with E-state index in [2.05, 4.69) is 20.6 Å². The Morgan fingerprint density at radius 3 is 2.55 bits per heavy atom. The highest BCUT2D eigenvalue weighted by atomic mass is 35.5. The van der Waals surface area contributed by atoms with Gasteiger partial charge < -0.3 is 15.2 Å². The van der Waals surface area contributed by atoms with E-state index in [4.69, 9.17) is 23.2 Å². The van der Waals surface area contributed by atoms with E-state index in [0.29, 0.717) is 38.6 Å². The van der Waals surface area contributed by atoms with Gasteiger partial charge in [-0.15, -0.1) is 0 Å². The molecule has 4 aromatic rings. The summed E-state index contributed by atoms with van der Waals surface area (Å²) in [5.74, 6) is 0.852. The average molecular weight is 426 g/mol. The Bertz CT molecular complexity index is 1210. The quantitative estimate of drug-likeness (QED) is 0.447. The van der Waals surface area contributed by atoms with Gasteiger partial charge in [0, 0.05) is 18.8 Å².